The summed E-state index contributed by atoms with van der Waals surface area (Å²) < 4.78 is 22.0. The molecule has 0 aliphatic heterocycles. The van der Waals surface area contributed by atoms with Gasteiger partial charge in [-0.05, 0) is 19.3 Å². The zero-order valence-electron chi connectivity index (χ0n) is 29.4. The van der Waals surface area contributed by atoms with Crippen LogP contribution in [0.3, 0.4) is 0 Å². The Kier molecular flexibility index (Phi) is 32.6. The molecule has 9 heteroatoms. The van der Waals surface area contributed by atoms with Gasteiger partial charge in [0.05, 0.1) is 25.4 Å². The molecular weight excluding hydrogens is 587 g/mol. The van der Waals surface area contributed by atoms with Crippen molar-refractivity contribution in [2.75, 3.05) is 19.8 Å². The van der Waals surface area contributed by atoms with Crippen LogP contribution in [0.1, 0.15) is 181 Å². The summed E-state index contributed by atoms with van der Waals surface area (Å²) in [6.07, 6.45) is 34.0. The summed E-state index contributed by atoms with van der Waals surface area (Å²) in [6, 6.07) is -0.852. The fraction of sp³-hybridized carbons (Fsp3) is 0.917. The first-order valence-electron chi connectivity index (χ1n) is 18.8. The Morgan fingerprint density at radius 1 is 0.711 bits per heavy atom. The highest BCUT2D eigenvalue weighted by Crippen LogP contribution is 2.43. The van der Waals surface area contributed by atoms with E-state index < -0.39 is 20.0 Å². The zero-order chi connectivity index (χ0) is 33.3. The number of unbranched alkanes of at least 4 members (excludes halogenated alkanes) is 23. The lowest BCUT2D eigenvalue weighted by Gasteiger charge is -2.23. The molecule has 0 aliphatic rings. The van der Waals surface area contributed by atoms with E-state index in [2.05, 4.69) is 19.2 Å². The van der Waals surface area contributed by atoms with Crippen LogP contribution in [-0.2, 0) is 18.4 Å². The molecule has 0 fully saturated rings. The predicted octanol–water partition coefficient (Wildman–Crippen LogP) is 9.66. The van der Waals surface area contributed by atoms with E-state index in [9.17, 15) is 19.4 Å². The van der Waals surface area contributed by atoms with Crippen LogP contribution in [0.5, 0.6) is 0 Å². The van der Waals surface area contributed by atoms with Gasteiger partial charge in [0.25, 0.3) is 0 Å². The average Bonchev–Trinajstić information content (AvgIpc) is 3.02. The lowest BCUT2D eigenvalue weighted by atomic mass is 10.0. The van der Waals surface area contributed by atoms with Crippen molar-refractivity contribution in [2.24, 2.45) is 5.73 Å². The minimum atomic E-state index is -4.32. The topological polar surface area (TPSA) is 131 Å². The van der Waals surface area contributed by atoms with E-state index in [0.717, 1.165) is 38.5 Å². The first-order valence-corrected chi connectivity index (χ1v) is 20.3. The highest BCUT2D eigenvalue weighted by molar-refractivity contribution is 7.47. The van der Waals surface area contributed by atoms with Gasteiger partial charge in [0.15, 0.2) is 0 Å². The molecule has 0 saturated carbocycles. The number of aliphatic hydroxyl groups excluding tert-OH is 1. The second-order valence-electron chi connectivity index (χ2n) is 12.8. The smallest absolute Gasteiger partial charge is 0.387 e. The van der Waals surface area contributed by atoms with Gasteiger partial charge < -0.3 is 21.1 Å². The normalized spacial score (nSPS) is 14.5. The Hall–Kier alpha value is -0.760. The number of carbonyl (C=O) groups excluding carboxylic acids is 1. The van der Waals surface area contributed by atoms with Crippen LogP contribution in [0, 0.1) is 0 Å². The highest BCUT2D eigenvalue weighted by atomic mass is 31.2. The van der Waals surface area contributed by atoms with Crippen molar-refractivity contribution in [3.8, 4) is 0 Å². The largest absolute Gasteiger partial charge is 0.472 e. The number of amides is 1. The number of nitrogens with two attached hydrogens (primary N) is 1. The molecule has 1 amide bonds. The van der Waals surface area contributed by atoms with Crippen LogP contribution >= 0.6 is 7.82 Å². The first-order chi connectivity index (χ1) is 21.9. The Morgan fingerprint density at radius 2 is 1.13 bits per heavy atom. The van der Waals surface area contributed by atoms with Gasteiger partial charge in [-0.25, -0.2) is 4.57 Å². The summed E-state index contributed by atoms with van der Waals surface area (Å²) in [6.45, 7) is 4.11. The summed E-state index contributed by atoms with van der Waals surface area (Å²) in [5, 5.41) is 13.6. The van der Waals surface area contributed by atoms with Crippen LogP contribution < -0.4 is 11.1 Å². The molecule has 3 unspecified atom stereocenters. The number of phosphoric acid groups is 1. The molecule has 0 saturated heterocycles. The SMILES string of the molecule is CCCCCCCCCCCCCCCC/C=C/C(O)C(COP(=O)(O)OCCN)NC(=O)CCCCCCCCCCCC. The van der Waals surface area contributed by atoms with E-state index >= 15 is 0 Å². The molecule has 45 heavy (non-hydrogen) atoms. The minimum absolute atomic E-state index is 0.0809. The Morgan fingerprint density at radius 3 is 1.58 bits per heavy atom. The van der Waals surface area contributed by atoms with Crippen LogP contribution in [-0.4, -0.2) is 47.8 Å². The third-order valence-electron chi connectivity index (χ3n) is 8.36. The minimum Gasteiger partial charge on any atom is -0.387 e. The standard InChI is InChI=1S/C36H73N2O6P/c1-3-5-7-9-11-13-15-16-17-18-19-20-21-23-25-27-29-35(39)34(33-44-45(41,42)43-32-31-37)38-36(40)30-28-26-24-22-14-12-10-8-6-4-2/h27,29,34-35,39H,3-26,28,30-33,37H2,1-2H3,(H,38,40)(H,41,42)/b29-27+. The number of aliphatic hydroxyl groups is 1. The van der Waals surface area contributed by atoms with Gasteiger partial charge in [-0.1, -0.05) is 167 Å². The van der Waals surface area contributed by atoms with Gasteiger partial charge in [-0.15, -0.1) is 0 Å². The number of hydrogen-bond acceptors (Lipinski definition) is 6. The van der Waals surface area contributed by atoms with Crippen molar-refractivity contribution in [2.45, 2.75) is 193 Å². The van der Waals surface area contributed by atoms with Crippen molar-refractivity contribution < 1.29 is 28.4 Å². The van der Waals surface area contributed by atoms with Gasteiger partial charge in [-0.3, -0.25) is 13.8 Å². The molecule has 8 nitrogen and oxygen atoms in total. The molecule has 0 aromatic heterocycles. The number of allylic oxidation sites excluding steroid dienone is 1. The highest BCUT2D eigenvalue weighted by Gasteiger charge is 2.26. The maximum Gasteiger partial charge on any atom is 0.472 e. The fourth-order valence-electron chi connectivity index (χ4n) is 5.48. The molecule has 0 heterocycles. The molecule has 0 aromatic carbocycles. The van der Waals surface area contributed by atoms with Crippen molar-refractivity contribution in [1.29, 1.82) is 0 Å². The molecule has 0 aromatic rings. The number of carbonyl (C=O) groups is 1. The molecule has 5 N–H and O–H groups in total. The summed E-state index contributed by atoms with van der Waals surface area (Å²) in [5.74, 6) is -0.196. The summed E-state index contributed by atoms with van der Waals surface area (Å²) in [4.78, 5) is 22.5. The zero-order valence-corrected chi connectivity index (χ0v) is 30.3. The van der Waals surface area contributed by atoms with E-state index in [0.29, 0.717) is 6.42 Å². The van der Waals surface area contributed by atoms with Gasteiger partial charge in [-0.2, -0.15) is 0 Å². The van der Waals surface area contributed by atoms with Gasteiger partial charge in [0.1, 0.15) is 0 Å². The summed E-state index contributed by atoms with van der Waals surface area (Å²) >= 11 is 0. The van der Waals surface area contributed by atoms with Crippen LogP contribution in [0.15, 0.2) is 12.2 Å². The number of phosphoric ester groups is 1. The van der Waals surface area contributed by atoms with E-state index in [4.69, 9.17) is 14.8 Å². The van der Waals surface area contributed by atoms with Crippen LogP contribution in [0.25, 0.3) is 0 Å². The average molecular weight is 661 g/mol. The van der Waals surface area contributed by atoms with E-state index in [1.807, 2.05) is 6.08 Å². The predicted molar refractivity (Wildman–Crippen MR) is 189 cm³/mol. The van der Waals surface area contributed by atoms with Crippen molar-refractivity contribution in [3.63, 3.8) is 0 Å². The Balaban J connectivity index is 4.29. The van der Waals surface area contributed by atoms with Crippen LogP contribution in [0.2, 0.25) is 0 Å². The van der Waals surface area contributed by atoms with Crippen molar-refractivity contribution in [1.82, 2.24) is 5.32 Å². The Labute approximate surface area is 277 Å². The molecule has 268 valence electrons. The molecule has 0 bridgehead atoms. The van der Waals surface area contributed by atoms with Crippen molar-refractivity contribution >= 4 is 13.7 Å². The third-order valence-corrected chi connectivity index (χ3v) is 9.35. The third kappa shape index (κ3) is 31.6. The molecule has 0 radical (unpaired) electrons. The number of hydrogen-bond donors (Lipinski definition) is 4. The van der Waals surface area contributed by atoms with Crippen LogP contribution in [0.4, 0.5) is 0 Å². The summed E-state index contributed by atoms with van der Waals surface area (Å²) in [5.41, 5.74) is 5.35. The molecular formula is C36H73N2O6P. The first kappa shape index (κ1) is 44.2. The molecule has 0 aliphatic carbocycles. The Bertz CT molecular complexity index is 724. The molecule has 0 rings (SSSR count). The van der Waals surface area contributed by atoms with E-state index in [-0.39, 0.29) is 25.7 Å². The van der Waals surface area contributed by atoms with Gasteiger partial charge in [0.2, 0.25) is 5.91 Å². The second-order valence-corrected chi connectivity index (χ2v) is 14.2. The summed E-state index contributed by atoms with van der Waals surface area (Å²) in [7, 11) is -4.32. The van der Waals surface area contributed by atoms with Crippen molar-refractivity contribution in [3.05, 3.63) is 12.2 Å². The maximum atomic E-state index is 12.6. The quantitative estimate of drug-likeness (QED) is 0.0302. The fourth-order valence-corrected chi connectivity index (χ4v) is 6.24. The number of rotatable bonds is 35. The van der Waals surface area contributed by atoms with Gasteiger partial charge in [0, 0.05) is 13.0 Å². The maximum absolute atomic E-state index is 12.6. The molecule has 0 spiro atoms. The lowest BCUT2D eigenvalue weighted by Crippen LogP contribution is -2.45. The monoisotopic (exact) mass is 661 g/mol. The molecule has 3 atom stereocenters. The number of nitrogens with one attached hydrogen (secondary N) is 1. The lowest BCUT2D eigenvalue weighted by molar-refractivity contribution is -0.123. The van der Waals surface area contributed by atoms with Gasteiger partial charge >= 0.3 is 7.82 Å². The van der Waals surface area contributed by atoms with E-state index in [1.54, 1.807) is 6.08 Å². The van der Waals surface area contributed by atoms with E-state index in [1.165, 1.54) is 122 Å². The second kappa shape index (κ2) is 33.2.